The molecule has 92 valence electrons. The zero-order valence-corrected chi connectivity index (χ0v) is 9.70. The molecule has 0 saturated heterocycles. The van der Waals surface area contributed by atoms with Crippen LogP contribution in [0.4, 0.5) is 8.78 Å². The highest BCUT2D eigenvalue weighted by molar-refractivity contribution is 5.64. The van der Waals surface area contributed by atoms with E-state index in [1.54, 1.807) is 12.1 Å². The van der Waals surface area contributed by atoms with Crippen molar-refractivity contribution < 1.29 is 13.6 Å². The number of carbonyl (C=O) groups is 1. The Morgan fingerprint density at radius 2 is 1.72 bits per heavy atom. The largest absolute Gasteiger partial charge is 0.303 e. The first-order valence-electron chi connectivity index (χ1n) is 5.68. The fraction of sp³-hybridized carbons (Fsp3) is 0.133. The second kappa shape index (κ2) is 5.54. The van der Waals surface area contributed by atoms with Gasteiger partial charge in [-0.1, -0.05) is 24.3 Å². The number of benzene rings is 2. The summed E-state index contributed by atoms with van der Waals surface area (Å²) in [5.41, 5.74) is 2.09. The highest BCUT2D eigenvalue weighted by Gasteiger charge is 2.06. The van der Waals surface area contributed by atoms with E-state index in [0.29, 0.717) is 24.0 Å². The maximum atomic E-state index is 13.6. The lowest BCUT2D eigenvalue weighted by atomic mass is 10.0. The summed E-state index contributed by atoms with van der Waals surface area (Å²) in [6.45, 7) is 0. The summed E-state index contributed by atoms with van der Waals surface area (Å²) in [7, 11) is 0. The molecule has 2 rings (SSSR count). The molecular weight excluding hydrogens is 234 g/mol. The van der Waals surface area contributed by atoms with Crippen LogP contribution in [0.3, 0.4) is 0 Å². The van der Waals surface area contributed by atoms with Gasteiger partial charge in [-0.3, -0.25) is 0 Å². The summed E-state index contributed by atoms with van der Waals surface area (Å²) < 4.78 is 26.3. The van der Waals surface area contributed by atoms with Crippen molar-refractivity contribution >= 4 is 6.29 Å². The van der Waals surface area contributed by atoms with Crippen LogP contribution in [0.5, 0.6) is 0 Å². The fourth-order valence-electron chi connectivity index (χ4n) is 1.80. The summed E-state index contributed by atoms with van der Waals surface area (Å²) in [5, 5.41) is 0. The minimum Gasteiger partial charge on any atom is -0.303 e. The van der Waals surface area contributed by atoms with E-state index >= 15 is 0 Å². The maximum Gasteiger partial charge on any atom is 0.133 e. The minimum absolute atomic E-state index is 0.373. The maximum absolute atomic E-state index is 13.6. The molecule has 0 spiro atoms. The van der Waals surface area contributed by atoms with Gasteiger partial charge in [0.25, 0.3) is 0 Å². The molecule has 2 aromatic rings. The molecule has 0 fully saturated rings. The number of carbonyl (C=O) groups excluding carboxylic acids is 1. The summed E-state index contributed by atoms with van der Waals surface area (Å²) in [5.74, 6) is -1.16. The van der Waals surface area contributed by atoms with Gasteiger partial charge < -0.3 is 4.79 Å². The van der Waals surface area contributed by atoms with Crippen molar-refractivity contribution in [1.29, 1.82) is 0 Å². The third kappa shape index (κ3) is 2.80. The third-order valence-corrected chi connectivity index (χ3v) is 2.75. The molecule has 0 unspecified atom stereocenters. The highest BCUT2D eigenvalue weighted by atomic mass is 19.1. The Morgan fingerprint density at radius 3 is 2.33 bits per heavy atom. The number of hydrogen-bond acceptors (Lipinski definition) is 1. The predicted molar refractivity (Wildman–Crippen MR) is 66.2 cm³/mol. The molecule has 0 saturated carbocycles. The van der Waals surface area contributed by atoms with Gasteiger partial charge >= 0.3 is 0 Å². The molecule has 0 heterocycles. The first kappa shape index (κ1) is 12.4. The standard InChI is InChI=1S/C15H12F2O/c16-13-7-8-14(15(17)10-13)12-5-3-11(4-6-12)2-1-9-18/h3-10H,1-2H2. The Balaban J connectivity index is 2.25. The summed E-state index contributed by atoms with van der Waals surface area (Å²) in [6, 6.07) is 10.8. The topological polar surface area (TPSA) is 17.1 Å². The molecule has 0 radical (unpaired) electrons. The van der Waals surface area contributed by atoms with Crippen molar-refractivity contribution in [2.24, 2.45) is 0 Å². The van der Waals surface area contributed by atoms with Crippen molar-refractivity contribution in [3.05, 3.63) is 59.7 Å². The van der Waals surface area contributed by atoms with Crippen LogP contribution >= 0.6 is 0 Å². The van der Waals surface area contributed by atoms with E-state index in [4.69, 9.17) is 0 Å². The van der Waals surface area contributed by atoms with E-state index < -0.39 is 11.6 Å². The molecular formula is C15H12F2O. The summed E-state index contributed by atoms with van der Waals surface area (Å²) in [6.07, 6.45) is 2.02. The molecule has 0 aliphatic rings. The second-order valence-corrected chi connectivity index (χ2v) is 4.03. The van der Waals surface area contributed by atoms with Crippen LogP contribution in [0.2, 0.25) is 0 Å². The van der Waals surface area contributed by atoms with E-state index in [0.717, 1.165) is 17.9 Å². The Labute approximate surface area is 104 Å². The molecule has 2 aromatic carbocycles. The Kier molecular flexibility index (Phi) is 3.82. The molecule has 0 aromatic heterocycles. The van der Waals surface area contributed by atoms with Gasteiger partial charge in [0.2, 0.25) is 0 Å². The number of aldehydes is 1. The van der Waals surface area contributed by atoms with E-state index in [2.05, 4.69) is 0 Å². The quantitative estimate of drug-likeness (QED) is 0.750. The highest BCUT2D eigenvalue weighted by Crippen LogP contribution is 2.23. The summed E-state index contributed by atoms with van der Waals surface area (Å²) >= 11 is 0. The van der Waals surface area contributed by atoms with Crippen molar-refractivity contribution in [2.75, 3.05) is 0 Å². The molecule has 0 atom stereocenters. The lowest BCUT2D eigenvalue weighted by molar-refractivity contribution is -0.107. The number of hydrogen-bond donors (Lipinski definition) is 0. The Bertz CT molecular complexity index is 547. The van der Waals surface area contributed by atoms with Gasteiger partial charge in [-0.15, -0.1) is 0 Å². The van der Waals surface area contributed by atoms with E-state index in [-0.39, 0.29) is 0 Å². The Morgan fingerprint density at radius 1 is 1.00 bits per heavy atom. The van der Waals surface area contributed by atoms with Gasteiger partial charge in [-0.25, -0.2) is 8.78 Å². The number of halogens is 2. The van der Waals surface area contributed by atoms with Crippen LogP contribution in [0.25, 0.3) is 11.1 Å². The second-order valence-electron chi connectivity index (χ2n) is 4.03. The van der Waals surface area contributed by atoms with Crippen molar-refractivity contribution in [2.45, 2.75) is 12.8 Å². The zero-order valence-electron chi connectivity index (χ0n) is 9.70. The van der Waals surface area contributed by atoms with Gasteiger partial charge in [-0.05, 0) is 29.7 Å². The van der Waals surface area contributed by atoms with Crippen LogP contribution in [-0.2, 0) is 11.2 Å². The smallest absolute Gasteiger partial charge is 0.133 e. The first-order chi connectivity index (χ1) is 8.70. The monoisotopic (exact) mass is 246 g/mol. The van der Waals surface area contributed by atoms with E-state index in [1.165, 1.54) is 12.1 Å². The van der Waals surface area contributed by atoms with Gasteiger partial charge in [0.05, 0.1) is 0 Å². The number of aryl methyl sites for hydroxylation is 1. The fourth-order valence-corrected chi connectivity index (χ4v) is 1.80. The molecule has 0 aliphatic heterocycles. The van der Waals surface area contributed by atoms with Gasteiger partial charge in [0.1, 0.15) is 17.9 Å². The van der Waals surface area contributed by atoms with Gasteiger partial charge in [0.15, 0.2) is 0 Å². The molecule has 0 bridgehead atoms. The first-order valence-corrected chi connectivity index (χ1v) is 5.68. The van der Waals surface area contributed by atoms with Crippen molar-refractivity contribution in [3.8, 4) is 11.1 Å². The summed E-state index contributed by atoms with van der Waals surface area (Å²) in [4.78, 5) is 10.3. The molecule has 3 heteroatoms. The van der Waals surface area contributed by atoms with Crippen molar-refractivity contribution in [3.63, 3.8) is 0 Å². The zero-order chi connectivity index (χ0) is 13.0. The van der Waals surface area contributed by atoms with Gasteiger partial charge in [0, 0.05) is 18.1 Å². The average Bonchev–Trinajstić information content (AvgIpc) is 2.37. The molecule has 1 nitrogen and oxygen atoms in total. The van der Waals surface area contributed by atoms with Crippen molar-refractivity contribution in [1.82, 2.24) is 0 Å². The predicted octanol–water partition coefficient (Wildman–Crippen LogP) is 3.76. The molecule has 0 N–H and O–H groups in total. The lowest BCUT2D eigenvalue weighted by Crippen LogP contribution is -1.89. The van der Waals surface area contributed by atoms with Crippen LogP contribution in [0, 0.1) is 11.6 Å². The normalized spacial score (nSPS) is 10.3. The molecule has 0 aliphatic carbocycles. The average molecular weight is 246 g/mol. The lowest BCUT2D eigenvalue weighted by Gasteiger charge is -2.05. The minimum atomic E-state index is -0.584. The van der Waals surface area contributed by atoms with E-state index in [9.17, 15) is 13.6 Å². The van der Waals surface area contributed by atoms with Crippen LogP contribution in [0.1, 0.15) is 12.0 Å². The SMILES string of the molecule is O=CCCc1ccc(-c2ccc(F)cc2F)cc1. The van der Waals surface area contributed by atoms with Crippen LogP contribution < -0.4 is 0 Å². The molecule has 0 amide bonds. The third-order valence-electron chi connectivity index (χ3n) is 2.75. The Hall–Kier alpha value is -2.03. The van der Waals surface area contributed by atoms with Crippen LogP contribution in [0.15, 0.2) is 42.5 Å². The van der Waals surface area contributed by atoms with Crippen LogP contribution in [-0.4, -0.2) is 6.29 Å². The molecule has 18 heavy (non-hydrogen) atoms. The van der Waals surface area contributed by atoms with E-state index in [1.807, 2.05) is 12.1 Å². The number of rotatable bonds is 4. The van der Waals surface area contributed by atoms with Gasteiger partial charge in [-0.2, -0.15) is 0 Å².